The Morgan fingerprint density at radius 1 is 1.02 bits per heavy atom. The minimum absolute atomic E-state index is 0.137. The first-order chi connectivity index (χ1) is 19.4. The molecular formula is C33H37N5O2. The van der Waals surface area contributed by atoms with E-state index in [4.69, 9.17) is 9.72 Å². The van der Waals surface area contributed by atoms with Crippen molar-refractivity contribution >= 4 is 27.7 Å². The van der Waals surface area contributed by atoms with Crippen LogP contribution < -0.4 is 4.74 Å². The largest absolute Gasteiger partial charge is 0.488 e. The van der Waals surface area contributed by atoms with Gasteiger partial charge in [0.1, 0.15) is 18.2 Å². The van der Waals surface area contributed by atoms with E-state index in [0.29, 0.717) is 18.9 Å². The van der Waals surface area contributed by atoms with Gasteiger partial charge in [-0.05, 0) is 72.5 Å². The van der Waals surface area contributed by atoms with Crippen LogP contribution in [0.3, 0.4) is 0 Å². The van der Waals surface area contributed by atoms with Crippen molar-refractivity contribution in [2.75, 3.05) is 0 Å². The fourth-order valence-corrected chi connectivity index (χ4v) is 5.80. The molecule has 1 amide bonds. The molecule has 0 aliphatic carbocycles. The number of rotatable bonds is 8. The SMILES string of the molecule is CCC(C)CC(=O)N(C(C)CC)C(C)c1ncc(-c2ccc3c(c2)COc2cc4c(ccc5[nH]cnc54)cc2-3)[nH]1. The smallest absolute Gasteiger partial charge is 0.223 e. The summed E-state index contributed by atoms with van der Waals surface area (Å²) in [6, 6.07) is 15.0. The standard InChI is InChI=1S/C33H37N5O2/c1-6-19(3)12-31(39)38(20(4)7-2)21(5)33-34-16-29(37-33)23-8-10-25-24(13-23)17-40-30-15-26-22(14-27(25)30)9-11-28-32(26)36-18-35-28/h8-11,13-16,18-21H,6-7,12,17H2,1-5H3,(H,34,37)(H,35,36). The zero-order chi connectivity index (χ0) is 28.0. The molecular weight excluding hydrogens is 498 g/mol. The molecule has 0 spiro atoms. The Hall–Kier alpha value is -4.13. The Labute approximate surface area is 235 Å². The summed E-state index contributed by atoms with van der Waals surface area (Å²) in [4.78, 5) is 31.2. The van der Waals surface area contributed by atoms with Gasteiger partial charge in [0.05, 0.1) is 35.3 Å². The Kier molecular flexibility index (Phi) is 6.82. The Bertz CT molecular complexity index is 1700. The minimum atomic E-state index is -0.137. The topological polar surface area (TPSA) is 86.9 Å². The summed E-state index contributed by atoms with van der Waals surface area (Å²) in [5, 5.41) is 2.23. The molecule has 6 rings (SSSR count). The zero-order valence-electron chi connectivity index (χ0n) is 23.9. The number of ether oxygens (including phenoxy) is 1. The maximum Gasteiger partial charge on any atom is 0.223 e. The van der Waals surface area contributed by atoms with Crippen LogP contribution in [0, 0.1) is 5.92 Å². The summed E-state index contributed by atoms with van der Waals surface area (Å²) >= 11 is 0. The molecule has 5 aromatic rings. The van der Waals surface area contributed by atoms with E-state index in [1.165, 1.54) is 5.56 Å². The molecule has 2 N–H and O–H groups in total. The van der Waals surface area contributed by atoms with E-state index in [2.05, 4.69) is 92.0 Å². The monoisotopic (exact) mass is 535 g/mol. The summed E-state index contributed by atoms with van der Waals surface area (Å²) in [6.07, 6.45) is 6.07. The lowest BCUT2D eigenvalue weighted by atomic mass is 9.92. The number of aromatic amines is 2. The van der Waals surface area contributed by atoms with Crippen LogP contribution in [0.4, 0.5) is 0 Å². The first-order valence-electron chi connectivity index (χ1n) is 14.4. The second-order valence-electron chi connectivity index (χ2n) is 11.2. The summed E-state index contributed by atoms with van der Waals surface area (Å²) in [5.74, 6) is 2.25. The van der Waals surface area contributed by atoms with E-state index < -0.39 is 0 Å². The number of nitrogens with zero attached hydrogens (tertiary/aromatic N) is 3. The van der Waals surface area contributed by atoms with Crippen LogP contribution in [0.5, 0.6) is 5.75 Å². The predicted molar refractivity (Wildman–Crippen MR) is 160 cm³/mol. The third-order valence-corrected chi connectivity index (χ3v) is 8.58. The number of hydrogen-bond donors (Lipinski definition) is 2. The lowest BCUT2D eigenvalue weighted by Crippen LogP contribution is -2.41. The van der Waals surface area contributed by atoms with Crippen molar-refractivity contribution in [1.82, 2.24) is 24.8 Å². The average molecular weight is 536 g/mol. The van der Waals surface area contributed by atoms with E-state index in [9.17, 15) is 4.79 Å². The van der Waals surface area contributed by atoms with Gasteiger partial charge in [-0.3, -0.25) is 4.79 Å². The zero-order valence-corrected chi connectivity index (χ0v) is 23.9. The van der Waals surface area contributed by atoms with Crippen molar-refractivity contribution in [2.24, 2.45) is 5.92 Å². The number of amides is 1. The summed E-state index contributed by atoms with van der Waals surface area (Å²) < 4.78 is 6.25. The maximum atomic E-state index is 13.3. The lowest BCUT2D eigenvalue weighted by molar-refractivity contribution is -0.137. The first-order valence-corrected chi connectivity index (χ1v) is 14.4. The van der Waals surface area contributed by atoms with E-state index >= 15 is 0 Å². The molecule has 3 aromatic carbocycles. The highest BCUT2D eigenvalue weighted by Gasteiger charge is 2.28. The number of aromatic nitrogens is 4. The van der Waals surface area contributed by atoms with Gasteiger partial charge in [-0.15, -0.1) is 0 Å². The normalized spacial score (nSPS) is 14.8. The van der Waals surface area contributed by atoms with Crippen molar-refractivity contribution in [2.45, 2.75) is 72.6 Å². The number of imidazole rings is 2. The first kappa shape index (κ1) is 26.1. The van der Waals surface area contributed by atoms with Crippen LogP contribution in [-0.2, 0) is 11.4 Å². The molecule has 206 valence electrons. The third-order valence-electron chi connectivity index (χ3n) is 8.58. The fourth-order valence-electron chi connectivity index (χ4n) is 5.80. The van der Waals surface area contributed by atoms with Gasteiger partial charge in [0.15, 0.2) is 0 Å². The number of nitrogens with one attached hydrogen (secondary N) is 2. The van der Waals surface area contributed by atoms with Crippen LogP contribution in [0.15, 0.2) is 55.0 Å². The molecule has 0 bridgehead atoms. The van der Waals surface area contributed by atoms with Crippen molar-refractivity contribution in [3.8, 4) is 28.1 Å². The van der Waals surface area contributed by atoms with Crippen LogP contribution in [0.1, 0.15) is 71.3 Å². The number of carbonyl (C=O) groups excluding carboxylic acids is 1. The van der Waals surface area contributed by atoms with Crippen LogP contribution in [0.2, 0.25) is 0 Å². The molecule has 40 heavy (non-hydrogen) atoms. The second kappa shape index (κ2) is 10.5. The highest BCUT2D eigenvalue weighted by Crippen LogP contribution is 2.42. The maximum absolute atomic E-state index is 13.3. The van der Waals surface area contributed by atoms with E-state index in [-0.39, 0.29) is 18.0 Å². The van der Waals surface area contributed by atoms with Crippen molar-refractivity contribution in [3.05, 3.63) is 66.4 Å². The van der Waals surface area contributed by atoms with Crippen molar-refractivity contribution in [3.63, 3.8) is 0 Å². The highest BCUT2D eigenvalue weighted by atomic mass is 16.5. The van der Waals surface area contributed by atoms with Gasteiger partial charge in [-0.2, -0.15) is 0 Å². The van der Waals surface area contributed by atoms with E-state index in [1.807, 2.05) is 11.1 Å². The summed E-state index contributed by atoms with van der Waals surface area (Å²) in [5.41, 5.74) is 7.39. The van der Waals surface area contributed by atoms with Gasteiger partial charge in [0.25, 0.3) is 0 Å². The number of fused-ring (bicyclic) bond motifs is 6. The van der Waals surface area contributed by atoms with Crippen LogP contribution >= 0.6 is 0 Å². The molecule has 3 heterocycles. The van der Waals surface area contributed by atoms with E-state index in [0.717, 1.165) is 68.6 Å². The molecule has 0 fully saturated rings. The molecule has 2 aromatic heterocycles. The van der Waals surface area contributed by atoms with Gasteiger partial charge < -0.3 is 19.6 Å². The molecule has 3 unspecified atom stereocenters. The summed E-state index contributed by atoms with van der Waals surface area (Å²) in [6.45, 7) is 11.1. The molecule has 3 atom stereocenters. The van der Waals surface area contributed by atoms with Gasteiger partial charge >= 0.3 is 0 Å². The Morgan fingerprint density at radius 2 is 1.88 bits per heavy atom. The Balaban J connectivity index is 1.29. The molecule has 7 nitrogen and oxygen atoms in total. The Morgan fingerprint density at radius 3 is 2.67 bits per heavy atom. The number of H-pyrrole nitrogens is 2. The highest BCUT2D eigenvalue weighted by molar-refractivity contribution is 6.06. The van der Waals surface area contributed by atoms with Gasteiger partial charge in [0, 0.05) is 23.4 Å². The molecule has 1 aliphatic heterocycles. The quantitative estimate of drug-likeness (QED) is 0.212. The molecule has 1 aliphatic rings. The molecule has 0 radical (unpaired) electrons. The number of hydrogen-bond acceptors (Lipinski definition) is 4. The number of carbonyl (C=O) groups is 1. The van der Waals surface area contributed by atoms with Gasteiger partial charge in [-0.1, -0.05) is 45.4 Å². The van der Waals surface area contributed by atoms with Crippen LogP contribution in [-0.4, -0.2) is 36.8 Å². The van der Waals surface area contributed by atoms with Crippen LogP contribution in [0.25, 0.3) is 44.2 Å². The number of benzene rings is 3. The van der Waals surface area contributed by atoms with Crippen molar-refractivity contribution < 1.29 is 9.53 Å². The molecule has 0 saturated heterocycles. The minimum Gasteiger partial charge on any atom is -0.488 e. The fraction of sp³-hybridized carbons (Fsp3) is 0.364. The molecule has 7 heteroatoms. The molecule has 0 saturated carbocycles. The lowest BCUT2D eigenvalue weighted by Gasteiger charge is -2.34. The summed E-state index contributed by atoms with van der Waals surface area (Å²) in [7, 11) is 0. The third kappa shape index (κ3) is 4.53. The van der Waals surface area contributed by atoms with Gasteiger partial charge in [0.2, 0.25) is 5.91 Å². The van der Waals surface area contributed by atoms with Gasteiger partial charge in [-0.25, -0.2) is 9.97 Å². The average Bonchev–Trinajstić information content (AvgIpc) is 3.66. The second-order valence-corrected chi connectivity index (χ2v) is 11.2. The predicted octanol–water partition coefficient (Wildman–Crippen LogP) is 7.79. The van der Waals surface area contributed by atoms with Crippen molar-refractivity contribution in [1.29, 1.82) is 0 Å². The van der Waals surface area contributed by atoms with E-state index in [1.54, 1.807) is 6.33 Å².